The van der Waals surface area contributed by atoms with Crippen LogP contribution >= 0.6 is 0 Å². The summed E-state index contributed by atoms with van der Waals surface area (Å²) in [6.07, 6.45) is 9.14. The van der Waals surface area contributed by atoms with E-state index in [4.69, 9.17) is 4.74 Å². The van der Waals surface area contributed by atoms with Crippen molar-refractivity contribution in [3.8, 4) is 0 Å². The molecule has 0 aliphatic rings. The lowest BCUT2D eigenvalue weighted by Crippen LogP contribution is -2.15. The number of aliphatic hydroxyl groups excluding tert-OH is 1. The molecule has 0 radical (unpaired) electrons. The fourth-order valence-electron chi connectivity index (χ4n) is 1.56. The van der Waals surface area contributed by atoms with Gasteiger partial charge in [0.2, 0.25) is 0 Å². The van der Waals surface area contributed by atoms with E-state index in [1.807, 2.05) is 0 Å². The van der Waals surface area contributed by atoms with Crippen molar-refractivity contribution in [2.75, 3.05) is 13.2 Å². The summed E-state index contributed by atoms with van der Waals surface area (Å²) >= 11 is 0. The van der Waals surface area contributed by atoms with Gasteiger partial charge in [-0.2, -0.15) is 0 Å². The lowest BCUT2D eigenvalue weighted by molar-refractivity contribution is 0.0298. The normalized spacial score (nSPS) is 13.0. The van der Waals surface area contributed by atoms with E-state index in [2.05, 4.69) is 13.8 Å². The number of hydrogen-bond donors (Lipinski definition) is 1. The molecule has 0 heterocycles. The van der Waals surface area contributed by atoms with E-state index >= 15 is 0 Å². The van der Waals surface area contributed by atoms with Gasteiger partial charge in [-0.05, 0) is 12.8 Å². The molecular weight excluding hydrogens is 188 g/mol. The number of aliphatic hydroxyl groups is 1. The Hall–Kier alpha value is -0.0800. The van der Waals surface area contributed by atoms with Gasteiger partial charge in [-0.3, -0.25) is 0 Å². The molecule has 0 aromatic carbocycles. The van der Waals surface area contributed by atoms with Crippen LogP contribution in [0.5, 0.6) is 0 Å². The van der Waals surface area contributed by atoms with Crippen LogP contribution in [-0.2, 0) is 4.74 Å². The monoisotopic (exact) mass is 216 g/mol. The molecule has 0 aromatic heterocycles. The van der Waals surface area contributed by atoms with Gasteiger partial charge in [0.05, 0.1) is 12.7 Å². The van der Waals surface area contributed by atoms with E-state index < -0.39 is 0 Å². The van der Waals surface area contributed by atoms with E-state index in [1.165, 1.54) is 32.1 Å². The highest BCUT2D eigenvalue weighted by Gasteiger charge is 2.02. The van der Waals surface area contributed by atoms with Crippen LogP contribution in [0.2, 0.25) is 0 Å². The first-order chi connectivity index (χ1) is 7.31. The van der Waals surface area contributed by atoms with Gasteiger partial charge in [-0.1, -0.05) is 52.4 Å². The van der Waals surface area contributed by atoms with Crippen molar-refractivity contribution >= 4 is 0 Å². The average molecular weight is 216 g/mol. The first kappa shape index (κ1) is 14.9. The van der Waals surface area contributed by atoms with Gasteiger partial charge in [0.1, 0.15) is 0 Å². The lowest BCUT2D eigenvalue weighted by atomic mass is 10.1. The maximum atomic E-state index is 9.55. The highest BCUT2D eigenvalue weighted by molar-refractivity contribution is 4.54. The molecule has 0 spiro atoms. The first-order valence-electron chi connectivity index (χ1n) is 6.57. The first-order valence-corrected chi connectivity index (χ1v) is 6.57. The third-order valence-electron chi connectivity index (χ3n) is 2.59. The summed E-state index contributed by atoms with van der Waals surface area (Å²) in [5.41, 5.74) is 0. The van der Waals surface area contributed by atoms with Crippen LogP contribution < -0.4 is 0 Å². The van der Waals surface area contributed by atoms with Gasteiger partial charge >= 0.3 is 0 Å². The molecule has 0 fully saturated rings. The van der Waals surface area contributed by atoms with E-state index in [-0.39, 0.29) is 6.10 Å². The molecule has 0 saturated heterocycles. The number of unbranched alkanes of at least 4 members (excludes halogenated alkanes) is 5. The molecule has 92 valence electrons. The van der Waals surface area contributed by atoms with Crippen molar-refractivity contribution in [3.63, 3.8) is 0 Å². The van der Waals surface area contributed by atoms with Crippen molar-refractivity contribution in [1.29, 1.82) is 0 Å². The molecule has 0 aliphatic carbocycles. The van der Waals surface area contributed by atoms with Crippen molar-refractivity contribution in [3.05, 3.63) is 0 Å². The maximum Gasteiger partial charge on any atom is 0.0773 e. The standard InChI is InChI=1S/C13H28O2/c1-3-5-7-9-11-15-12-13(14)10-8-6-4-2/h13-14H,3-12H2,1-2H3. The summed E-state index contributed by atoms with van der Waals surface area (Å²) in [5, 5.41) is 9.55. The Morgan fingerprint density at radius 1 is 0.933 bits per heavy atom. The van der Waals surface area contributed by atoms with E-state index in [0.29, 0.717) is 6.61 Å². The van der Waals surface area contributed by atoms with Crippen LogP contribution in [0.15, 0.2) is 0 Å². The molecule has 0 amide bonds. The summed E-state index contributed by atoms with van der Waals surface area (Å²) < 4.78 is 5.42. The van der Waals surface area contributed by atoms with Gasteiger partial charge in [0.25, 0.3) is 0 Å². The van der Waals surface area contributed by atoms with Crippen molar-refractivity contribution in [2.24, 2.45) is 0 Å². The molecule has 0 aromatic rings. The largest absolute Gasteiger partial charge is 0.391 e. The Bertz CT molecular complexity index is 115. The Kier molecular flexibility index (Phi) is 11.9. The van der Waals surface area contributed by atoms with E-state index in [0.717, 1.165) is 25.9 Å². The highest BCUT2D eigenvalue weighted by atomic mass is 16.5. The summed E-state index contributed by atoms with van der Waals surface area (Å²) in [7, 11) is 0. The Morgan fingerprint density at radius 2 is 1.60 bits per heavy atom. The van der Waals surface area contributed by atoms with E-state index in [1.54, 1.807) is 0 Å². The van der Waals surface area contributed by atoms with E-state index in [9.17, 15) is 5.11 Å². The summed E-state index contributed by atoms with van der Waals surface area (Å²) in [6.45, 7) is 5.72. The number of rotatable bonds is 11. The summed E-state index contributed by atoms with van der Waals surface area (Å²) in [6, 6.07) is 0. The third kappa shape index (κ3) is 11.8. The van der Waals surface area contributed by atoms with Crippen molar-refractivity contribution in [2.45, 2.75) is 71.3 Å². The van der Waals surface area contributed by atoms with Crippen LogP contribution in [0.25, 0.3) is 0 Å². The molecule has 1 N–H and O–H groups in total. The molecule has 0 rings (SSSR count). The summed E-state index contributed by atoms with van der Waals surface area (Å²) in [5.74, 6) is 0. The quantitative estimate of drug-likeness (QED) is 0.535. The topological polar surface area (TPSA) is 29.5 Å². The van der Waals surface area contributed by atoms with Gasteiger partial charge in [-0.15, -0.1) is 0 Å². The number of hydrogen-bond acceptors (Lipinski definition) is 2. The minimum absolute atomic E-state index is 0.247. The minimum atomic E-state index is -0.247. The van der Waals surface area contributed by atoms with Gasteiger partial charge in [0, 0.05) is 6.61 Å². The SMILES string of the molecule is CCCCCCOCC(O)CCCCC. The molecule has 0 bridgehead atoms. The summed E-state index contributed by atoms with van der Waals surface area (Å²) in [4.78, 5) is 0. The molecular formula is C13H28O2. The Morgan fingerprint density at radius 3 is 2.27 bits per heavy atom. The second-order valence-corrected chi connectivity index (χ2v) is 4.29. The molecule has 1 unspecified atom stereocenters. The molecule has 2 heteroatoms. The zero-order valence-corrected chi connectivity index (χ0v) is 10.5. The smallest absolute Gasteiger partial charge is 0.0773 e. The van der Waals surface area contributed by atoms with Gasteiger partial charge in [-0.25, -0.2) is 0 Å². The second kappa shape index (κ2) is 12.0. The number of ether oxygens (including phenoxy) is 1. The molecule has 2 nitrogen and oxygen atoms in total. The predicted molar refractivity (Wildman–Crippen MR) is 65.1 cm³/mol. The van der Waals surface area contributed by atoms with Gasteiger partial charge in [0.15, 0.2) is 0 Å². The highest BCUT2D eigenvalue weighted by Crippen LogP contribution is 2.04. The lowest BCUT2D eigenvalue weighted by Gasteiger charge is -2.10. The minimum Gasteiger partial charge on any atom is -0.391 e. The molecule has 0 aliphatic heterocycles. The third-order valence-corrected chi connectivity index (χ3v) is 2.59. The van der Waals surface area contributed by atoms with Crippen LogP contribution in [-0.4, -0.2) is 24.4 Å². The zero-order chi connectivity index (χ0) is 11.4. The van der Waals surface area contributed by atoms with Crippen LogP contribution in [0.1, 0.15) is 65.2 Å². The fraction of sp³-hybridized carbons (Fsp3) is 1.00. The van der Waals surface area contributed by atoms with Crippen LogP contribution in [0.4, 0.5) is 0 Å². The fourth-order valence-corrected chi connectivity index (χ4v) is 1.56. The molecule has 0 saturated carbocycles. The van der Waals surface area contributed by atoms with Crippen molar-refractivity contribution < 1.29 is 9.84 Å². The van der Waals surface area contributed by atoms with Crippen LogP contribution in [0, 0.1) is 0 Å². The molecule has 1 atom stereocenters. The zero-order valence-electron chi connectivity index (χ0n) is 10.5. The van der Waals surface area contributed by atoms with Crippen molar-refractivity contribution in [1.82, 2.24) is 0 Å². The Balaban J connectivity index is 3.06. The average Bonchev–Trinajstić information content (AvgIpc) is 2.23. The maximum absolute atomic E-state index is 9.55. The molecule has 15 heavy (non-hydrogen) atoms. The van der Waals surface area contributed by atoms with Crippen LogP contribution in [0.3, 0.4) is 0 Å². The second-order valence-electron chi connectivity index (χ2n) is 4.29. The van der Waals surface area contributed by atoms with Gasteiger partial charge < -0.3 is 9.84 Å². The Labute approximate surface area is 95.0 Å². The predicted octanol–water partition coefficient (Wildman–Crippen LogP) is 3.52.